The lowest BCUT2D eigenvalue weighted by Gasteiger charge is -2.27. The van der Waals surface area contributed by atoms with Gasteiger partial charge < -0.3 is 15.2 Å². The molecule has 14 heavy (non-hydrogen) atoms. The highest BCUT2D eigenvalue weighted by molar-refractivity contribution is 5.25. The average Bonchev–Trinajstić information content (AvgIpc) is 2.24. The molecule has 0 aliphatic heterocycles. The Balaban J connectivity index is 3.05. The Labute approximate surface area is 84.8 Å². The van der Waals surface area contributed by atoms with Crippen LogP contribution in [-0.4, -0.2) is 20.8 Å². The first-order chi connectivity index (χ1) is 6.68. The maximum atomic E-state index is 5.38. The van der Waals surface area contributed by atoms with Crippen LogP contribution in [0, 0.1) is 6.92 Å². The predicted molar refractivity (Wildman–Crippen MR) is 54.6 cm³/mol. The minimum atomic E-state index is -0.701. The van der Waals surface area contributed by atoms with Crippen LogP contribution in [0.2, 0.25) is 0 Å². The Morgan fingerprint density at radius 1 is 1.14 bits per heavy atom. The molecule has 0 amide bonds. The molecule has 0 fully saturated rings. The molecule has 0 radical (unpaired) electrons. The van der Waals surface area contributed by atoms with Crippen molar-refractivity contribution in [1.82, 2.24) is 0 Å². The molecule has 1 aromatic carbocycles. The Morgan fingerprint density at radius 3 is 2.00 bits per heavy atom. The third-order valence-corrected chi connectivity index (χ3v) is 2.48. The van der Waals surface area contributed by atoms with Gasteiger partial charge in [0.25, 0.3) is 0 Å². The second-order valence-electron chi connectivity index (χ2n) is 3.28. The summed E-state index contributed by atoms with van der Waals surface area (Å²) in [5.74, 6) is -0.701. The second kappa shape index (κ2) is 4.55. The van der Waals surface area contributed by atoms with E-state index < -0.39 is 5.79 Å². The molecule has 0 bridgehead atoms. The van der Waals surface area contributed by atoms with Gasteiger partial charge >= 0.3 is 0 Å². The molecule has 0 saturated carbocycles. The fraction of sp³-hybridized carbons (Fsp3) is 0.455. The van der Waals surface area contributed by atoms with Gasteiger partial charge in [-0.1, -0.05) is 29.8 Å². The molecule has 0 spiro atoms. The van der Waals surface area contributed by atoms with Gasteiger partial charge in [0.2, 0.25) is 5.79 Å². The topological polar surface area (TPSA) is 46.1 Å². The zero-order valence-electron chi connectivity index (χ0n) is 9.04. The lowest BCUT2D eigenvalue weighted by atomic mass is 10.0. The van der Waals surface area contributed by atoms with Gasteiger partial charge in [-0.3, -0.25) is 0 Å². The van der Waals surface area contributed by atoms with Gasteiger partial charge in [0.1, 0.15) is 6.54 Å². The van der Waals surface area contributed by atoms with E-state index in [2.05, 4.69) is 12.7 Å². The summed E-state index contributed by atoms with van der Waals surface area (Å²) in [6.07, 6.45) is 0. The number of ether oxygens (including phenoxy) is 2. The Morgan fingerprint density at radius 2 is 1.64 bits per heavy atom. The quantitative estimate of drug-likeness (QED) is 0.720. The van der Waals surface area contributed by atoms with Crippen LogP contribution in [0.15, 0.2) is 24.3 Å². The van der Waals surface area contributed by atoms with Crippen LogP contribution >= 0.6 is 0 Å². The molecule has 1 rings (SSSR count). The summed E-state index contributed by atoms with van der Waals surface area (Å²) in [6.45, 7) is 2.60. The van der Waals surface area contributed by atoms with Crippen molar-refractivity contribution in [2.45, 2.75) is 12.7 Å². The van der Waals surface area contributed by atoms with E-state index in [1.807, 2.05) is 24.3 Å². The summed E-state index contributed by atoms with van der Waals surface area (Å²) in [6, 6.07) is 8.09. The standard InChI is InChI=1S/C11H17NO2/c1-9-4-6-10(7-5-9)11(8-12,13-2)14-3/h4-7H,8,12H2,1-3H3/p+1. The van der Waals surface area contributed by atoms with Gasteiger partial charge in [0, 0.05) is 19.8 Å². The predicted octanol–water partition coefficient (Wildman–Crippen LogP) is 0.683. The molecule has 0 atom stereocenters. The summed E-state index contributed by atoms with van der Waals surface area (Å²) in [7, 11) is 3.27. The first-order valence-corrected chi connectivity index (χ1v) is 4.65. The number of aryl methyl sites for hydroxylation is 1. The fourth-order valence-corrected chi connectivity index (χ4v) is 1.47. The van der Waals surface area contributed by atoms with Gasteiger partial charge in [-0.15, -0.1) is 0 Å². The number of hydrogen-bond donors (Lipinski definition) is 1. The molecule has 0 aromatic heterocycles. The van der Waals surface area contributed by atoms with Gasteiger partial charge in [0.15, 0.2) is 0 Å². The highest BCUT2D eigenvalue weighted by Crippen LogP contribution is 2.24. The Kier molecular flexibility index (Phi) is 3.63. The number of rotatable bonds is 4. The molecule has 78 valence electrons. The van der Waals surface area contributed by atoms with E-state index in [-0.39, 0.29) is 0 Å². The van der Waals surface area contributed by atoms with E-state index in [0.29, 0.717) is 6.54 Å². The number of benzene rings is 1. The average molecular weight is 196 g/mol. The first-order valence-electron chi connectivity index (χ1n) is 4.65. The van der Waals surface area contributed by atoms with Crippen molar-refractivity contribution in [3.63, 3.8) is 0 Å². The summed E-state index contributed by atoms with van der Waals surface area (Å²) in [4.78, 5) is 0. The third kappa shape index (κ3) is 1.95. The summed E-state index contributed by atoms with van der Waals surface area (Å²) in [5, 5.41) is 0. The van der Waals surface area contributed by atoms with Crippen LogP contribution in [0.4, 0.5) is 0 Å². The molecule has 0 saturated heterocycles. The lowest BCUT2D eigenvalue weighted by molar-refractivity contribution is -0.440. The minimum Gasteiger partial charge on any atom is -0.353 e. The van der Waals surface area contributed by atoms with Crippen molar-refractivity contribution in [3.05, 3.63) is 35.4 Å². The van der Waals surface area contributed by atoms with Crippen LogP contribution in [0.5, 0.6) is 0 Å². The molecule has 3 heteroatoms. The van der Waals surface area contributed by atoms with E-state index >= 15 is 0 Å². The number of methoxy groups -OCH3 is 2. The van der Waals surface area contributed by atoms with Gasteiger partial charge in [-0.2, -0.15) is 0 Å². The third-order valence-electron chi connectivity index (χ3n) is 2.48. The SMILES string of the molecule is COC(C[NH3+])(OC)c1ccc(C)cc1. The second-order valence-corrected chi connectivity index (χ2v) is 3.28. The van der Waals surface area contributed by atoms with E-state index in [9.17, 15) is 0 Å². The first kappa shape index (κ1) is 11.2. The maximum absolute atomic E-state index is 5.38. The van der Waals surface area contributed by atoms with Crippen LogP contribution in [0.3, 0.4) is 0 Å². The zero-order chi connectivity index (χ0) is 10.6. The van der Waals surface area contributed by atoms with E-state index in [1.54, 1.807) is 14.2 Å². The molecule has 0 unspecified atom stereocenters. The van der Waals surface area contributed by atoms with E-state index in [0.717, 1.165) is 5.56 Å². The van der Waals surface area contributed by atoms with Crippen molar-refractivity contribution in [2.75, 3.05) is 20.8 Å². The molecular weight excluding hydrogens is 178 g/mol. The van der Waals surface area contributed by atoms with Crippen molar-refractivity contribution < 1.29 is 15.2 Å². The molecule has 1 aromatic rings. The largest absolute Gasteiger partial charge is 0.353 e. The highest BCUT2D eigenvalue weighted by Gasteiger charge is 2.32. The normalized spacial score (nSPS) is 11.7. The molecule has 0 aliphatic carbocycles. The van der Waals surface area contributed by atoms with Crippen molar-refractivity contribution in [3.8, 4) is 0 Å². The Hall–Kier alpha value is -0.900. The zero-order valence-corrected chi connectivity index (χ0v) is 9.04. The van der Waals surface area contributed by atoms with Crippen LogP contribution in [-0.2, 0) is 15.3 Å². The van der Waals surface area contributed by atoms with Crippen LogP contribution in [0.25, 0.3) is 0 Å². The number of quaternary nitrogens is 1. The van der Waals surface area contributed by atoms with Gasteiger partial charge in [-0.05, 0) is 6.92 Å². The van der Waals surface area contributed by atoms with Crippen LogP contribution in [0.1, 0.15) is 11.1 Å². The monoisotopic (exact) mass is 196 g/mol. The van der Waals surface area contributed by atoms with Crippen molar-refractivity contribution in [2.24, 2.45) is 0 Å². The number of hydrogen-bond acceptors (Lipinski definition) is 2. The molecule has 3 N–H and O–H groups in total. The molecular formula is C11H18NO2+. The molecule has 3 nitrogen and oxygen atoms in total. The molecule has 0 aliphatic rings. The molecule has 0 heterocycles. The van der Waals surface area contributed by atoms with Crippen molar-refractivity contribution in [1.29, 1.82) is 0 Å². The van der Waals surface area contributed by atoms with Gasteiger partial charge in [0.05, 0.1) is 0 Å². The maximum Gasteiger partial charge on any atom is 0.245 e. The van der Waals surface area contributed by atoms with E-state index in [4.69, 9.17) is 9.47 Å². The van der Waals surface area contributed by atoms with Crippen LogP contribution < -0.4 is 5.73 Å². The Bertz CT molecular complexity index is 270. The highest BCUT2D eigenvalue weighted by atomic mass is 16.7. The van der Waals surface area contributed by atoms with E-state index in [1.165, 1.54) is 5.56 Å². The summed E-state index contributed by atoms with van der Waals surface area (Å²) < 4.78 is 10.8. The summed E-state index contributed by atoms with van der Waals surface area (Å²) >= 11 is 0. The summed E-state index contributed by atoms with van der Waals surface area (Å²) in [5.41, 5.74) is 6.07. The minimum absolute atomic E-state index is 0.545. The van der Waals surface area contributed by atoms with Gasteiger partial charge in [-0.25, -0.2) is 0 Å². The fourth-order valence-electron chi connectivity index (χ4n) is 1.47. The lowest BCUT2D eigenvalue weighted by Crippen LogP contribution is -2.61. The smallest absolute Gasteiger partial charge is 0.245 e. The van der Waals surface area contributed by atoms with Crippen molar-refractivity contribution >= 4 is 0 Å².